The van der Waals surface area contributed by atoms with E-state index in [1.165, 1.54) is 4.57 Å². The minimum absolute atomic E-state index is 0.267. The van der Waals surface area contributed by atoms with Crippen molar-refractivity contribution < 1.29 is 0 Å². The fourth-order valence-corrected chi connectivity index (χ4v) is 2.97. The molecule has 1 aliphatic rings. The van der Waals surface area contributed by atoms with Crippen LogP contribution in [-0.2, 0) is 6.54 Å². The highest BCUT2D eigenvalue weighted by Crippen LogP contribution is 2.17. The second-order valence-electron chi connectivity index (χ2n) is 5.22. The lowest BCUT2D eigenvalue weighted by Gasteiger charge is -2.23. The molecule has 1 saturated heterocycles. The van der Waals surface area contributed by atoms with Crippen molar-refractivity contribution in [1.29, 1.82) is 0 Å². The van der Waals surface area contributed by atoms with Gasteiger partial charge in [0.1, 0.15) is 0 Å². The first-order valence-electron chi connectivity index (χ1n) is 6.79. The van der Waals surface area contributed by atoms with E-state index in [4.69, 9.17) is 11.6 Å². The smallest absolute Gasteiger partial charge is 0.316 e. The summed E-state index contributed by atoms with van der Waals surface area (Å²) in [6.45, 7) is 2.30. The highest BCUT2D eigenvalue weighted by atomic mass is 35.5. The lowest BCUT2D eigenvalue weighted by Crippen LogP contribution is -2.40. The number of rotatable bonds is 2. The predicted octanol–water partition coefficient (Wildman–Crippen LogP) is 1.34. The standard InChI is InChI=1S/C14H16ClN3O2/c15-11-5-1-4-10-12(11)17-14(20)18(13(10)19)8-9-3-2-6-16-7-9/h1,4-5,9,16H,2-3,6-8H2,(H,17,20). The molecule has 1 fully saturated rings. The summed E-state index contributed by atoms with van der Waals surface area (Å²) in [7, 11) is 0. The molecule has 20 heavy (non-hydrogen) atoms. The summed E-state index contributed by atoms with van der Waals surface area (Å²) in [5.41, 5.74) is -0.236. The fraction of sp³-hybridized carbons (Fsp3) is 0.429. The number of nitrogens with one attached hydrogen (secondary N) is 2. The molecule has 0 bridgehead atoms. The molecule has 3 rings (SSSR count). The number of hydrogen-bond donors (Lipinski definition) is 2. The first-order valence-corrected chi connectivity index (χ1v) is 7.16. The summed E-state index contributed by atoms with van der Waals surface area (Å²) in [6, 6.07) is 5.07. The van der Waals surface area contributed by atoms with Crippen LogP contribution < -0.4 is 16.6 Å². The monoisotopic (exact) mass is 293 g/mol. The first-order chi connectivity index (χ1) is 9.66. The van der Waals surface area contributed by atoms with Gasteiger partial charge in [-0.2, -0.15) is 0 Å². The Labute approximate surface area is 120 Å². The predicted molar refractivity (Wildman–Crippen MR) is 79.4 cm³/mol. The number of para-hydroxylation sites is 1. The molecular weight excluding hydrogens is 278 g/mol. The average Bonchev–Trinajstić information content (AvgIpc) is 2.46. The largest absolute Gasteiger partial charge is 0.328 e. The number of benzene rings is 1. The van der Waals surface area contributed by atoms with E-state index < -0.39 is 0 Å². The number of fused-ring (bicyclic) bond motifs is 1. The topological polar surface area (TPSA) is 66.9 Å². The Hall–Kier alpha value is -1.59. The van der Waals surface area contributed by atoms with Crippen molar-refractivity contribution in [2.45, 2.75) is 19.4 Å². The molecule has 6 heteroatoms. The van der Waals surface area contributed by atoms with Crippen LogP contribution in [0.25, 0.3) is 10.9 Å². The highest BCUT2D eigenvalue weighted by Gasteiger charge is 2.17. The normalized spacial score (nSPS) is 19.4. The maximum Gasteiger partial charge on any atom is 0.328 e. The Morgan fingerprint density at radius 1 is 1.35 bits per heavy atom. The Morgan fingerprint density at radius 3 is 2.95 bits per heavy atom. The van der Waals surface area contributed by atoms with E-state index >= 15 is 0 Å². The van der Waals surface area contributed by atoms with Gasteiger partial charge in [-0.15, -0.1) is 0 Å². The molecule has 0 radical (unpaired) electrons. The van der Waals surface area contributed by atoms with Gasteiger partial charge in [0, 0.05) is 6.54 Å². The highest BCUT2D eigenvalue weighted by molar-refractivity contribution is 6.34. The van der Waals surface area contributed by atoms with Crippen LogP contribution in [0.15, 0.2) is 27.8 Å². The molecule has 1 aromatic heterocycles. The number of aromatic amines is 1. The molecule has 1 aliphatic heterocycles. The number of halogens is 1. The van der Waals surface area contributed by atoms with Crippen LogP contribution in [0.4, 0.5) is 0 Å². The van der Waals surface area contributed by atoms with Gasteiger partial charge in [0.25, 0.3) is 5.56 Å². The summed E-state index contributed by atoms with van der Waals surface area (Å²) < 4.78 is 1.29. The van der Waals surface area contributed by atoms with Gasteiger partial charge in [-0.25, -0.2) is 4.79 Å². The van der Waals surface area contributed by atoms with E-state index in [1.807, 2.05) is 0 Å². The zero-order valence-electron chi connectivity index (χ0n) is 11.0. The number of nitrogens with zero attached hydrogens (tertiary/aromatic N) is 1. The maximum atomic E-state index is 12.4. The number of aromatic nitrogens is 2. The van der Waals surface area contributed by atoms with Crippen molar-refractivity contribution >= 4 is 22.5 Å². The molecule has 106 valence electrons. The number of hydrogen-bond acceptors (Lipinski definition) is 3. The lowest BCUT2D eigenvalue weighted by atomic mass is 10.00. The van der Waals surface area contributed by atoms with E-state index in [9.17, 15) is 9.59 Å². The minimum Gasteiger partial charge on any atom is -0.316 e. The van der Waals surface area contributed by atoms with Crippen LogP contribution >= 0.6 is 11.6 Å². The molecule has 1 unspecified atom stereocenters. The third-order valence-corrected chi connectivity index (χ3v) is 4.12. The second kappa shape index (κ2) is 5.42. The minimum atomic E-state index is -0.388. The van der Waals surface area contributed by atoms with Gasteiger partial charge >= 0.3 is 5.69 Å². The molecule has 2 N–H and O–H groups in total. The summed E-state index contributed by atoms with van der Waals surface area (Å²) in [4.78, 5) is 27.3. The van der Waals surface area contributed by atoms with Gasteiger partial charge in [0.2, 0.25) is 0 Å². The van der Waals surface area contributed by atoms with Gasteiger partial charge in [-0.05, 0) is 44.0 Å². The third kappa shape index (κ3) is 2.39. The van der Waals surface area contributed by atoms with Crippen LogP contribution in [-0.4, -0.2) is 22.6 Å². The summed E-state index contributed by atoms with van der Waals surface area (Å²) in [6.07, 6.45) is 2.11. The van der Waals surface area contributed by atoms with E-state index in [0.29, 0.717) is 28.4 Å². The summed E-state index contributed by atoms with van der Waals surface area (Å²) >= 11 is 6.02. The Morgan fingerprint density at radius 2 is 2.20 bits per heavy atom. The van der Waals surface area contributed by atoms with Crippen LogP contribution in [0.5, 0.6) is 0 Å². The zero-order valence-corrected chi connectivity index (χ0v) is 11.7. The molecule has 1 atom stereocenters. The molecule has 2 heterocycles. The third-order valence-electron chi connectivity index (χ3n) is 3.81. The molecule has 2 aromatic rings. The first kappa shape index (κ1) is 13.4. The Kier molecular flexibility index (Phi) is 3.63. The molecular formula is C14H16ClN3O2. The molecule has 0 saturated carbocycles. The quantitative estimate of drug-likeness (QED) is 0.878. The molecule has 0 amide bonds. The molecule has 1 aromatic carbocycles. The zero-order chi connectivity index (χ0) is 14.1. The van der Waals surface area contributed by atoms with Crippen molar-refractivity contribution in [3.63, 3.8) is 0 Å². The van der Waals surface area contributed by atoms with E-state index in [1.54, 1.807) is 18.2 Å². The van der Waals surface area contributed by atoms with E-state index in [0.717, 1.165) is 25.9 Å². The molecule has 0 spiro atoms. The van der Waals surface area contributed by atoms with Crippen molar-refractivity contribution in [3.05, 3.63) is 44.1 Å². The van der Waals surface area contributed by atoms with E-state index in [-0.39, 0.29) is 11.2 Å². The van der Waals surface area contributed by atoms with Gasteiger partial charge in [-0.1, -0.05) is 17.7 Å². The molecule has 5 nitrogen and oxygen atoms in total. The Bertz CT molecular complexity index is 744. The van der Waals surface area contributed by atoms with Gasteiger partial charge < -0.3 is 10.3 Å². The van der Waals surface area contributed by atoms with Gasteiger partial charge in [-0.3, -0.25) is 9.36 Å². The van der Waals surface area contributed by atoms with Gasteiger partial charge in [0.15, 0.2) is 0 Å². The van der Waals surface area contributed by atoms with Crippen molar-refractivity contribution in [1.82, 2.24) is 14.9 Å². The number of piperidine rings is 1. The maximum absolute atomic E-state index is 12.4. The fourth-order valence-electron chi connectivity index (χ4n) is 2.75. The van der Waals surface area contributed by atoms with Crippen molar-refractivity contribution in [2.24, 2.45) is 5.92 Å². The SMILES string of the molecule is O=c1[nH]c2c(Cl)cccc2c(=O)n1CC1CCCNC1. The van der Waals surface area contributed by atoms with Crippen LogP contribution in [0, 0.1) is 5.92 Å². The van der Waals surface area contributed by atoms with Crippen LogP contribution in [0.2, 0.25) is 5.02 Å². The van der Waals surface area contributed by atoms with Gasteiger partial charge in [0.05, 0.1) is 15.9 Å². The second-order valence-corrected chi connectivity index (χ2v) is 5.63. The average molecular weight is 294 g/mol. The number of H-pyrrole nitrogens is 1. The Balaban J connectivity index is 2.07. The molecule has 0 aliphatic carbocycles. The lowest BCUT2D eigenvalue weighted by molar-refractivity contribution is 0.329. The van der Waals surface area contributed by atoms with E-state index in [2.05, 4.69) is 10.3 Å². The van der Waals surface area contributed by atoms with Crippen molar-refractivity contribution in [3.8, 4) is 0 Å². The van der Waals surface area contributed by atoms with Crippen LogP contribution in [0.3, 0.4) is 0 Å². The summed E-state index contributed by atoms with van der Waals surface area (Å²) in [5.74, 6) is 0.319. The van der Waals surface area contributed by atoms with Crippen LogP contribution in [0.1, 0.15) is 12.8 Å². The van der Waals surface area contributed by atoms with Crippen molar-refractivity contribution in [2.75, 3.05) is 13.1 Å². The summed E-state index contributed by atoms with van der Waals surface area (Å²) in [5, 5.41) is 4.14.